The van der Waals surface area contributed by atoms with Gasteiger partial charge in [0.1, 0.15) is 12.4 Å². The topological polar surface area (TPSA) is 35.2 Å². The second-order valence-electron chi connectivity index (χ2n) is 3.88. The lowest BCUT2D eigenvalue weighted by Crippen LogP contribution is -1.99. The number of nitrogens with two attached hydrogens (primary N) is 1. The normalized spacial score (nSPS) is 10.4. The van der Waals surface area contributed by atoms with Gasteiger partial charge in [-0.25, -0.2) is 0 Å². The first-order chi connectivity index (χ1) is 8.69. The van der Waals surface area contributed by atoms with Crippen LogP contribution in [0.2, 0.25) is 0 Å². The molecule has 0 aliphatic rings. The van der Waals surface area contributed by atoms with Crippen LogP contribution < -0.4 is 10.5 Å². The van der Waals surface area contributed by atoms with Gasteiger partial charge in [-0.1, -0.05) is 18.2 Å². The molecule has 0 unspecified atom stereocenters. The summed E-state index contributed by atoms with van der Waals surface area (Å²) in [5, 5.41) is 0. The SMILES string of the molecule is NCc1ccc(OCc2ccc(I)cc2)c(Br)c1. The molecule has 0 bridgehead atoms. The van der Waals surface area contributed by atoms with Gasteiger partial charge in [0, 0.05) is 10.1 Å². The van der Waals surface area contributed by atoms with Crippen molar-refractivity contribution in [2.24, 2.45) is 5.73 Å². The Morgan fingerprint density at radius 3 is 2.33 bits per heavy atom. The smallest absolute Gasteiger partial charge is 0.134 e. The van der Waals surface area contributed by atoms with E-state index in [0.717, 1.165) is 21.3 Å². The van der Waals surface area contributed by atoms with Crippen LogP contribution in [0.25, 0.3) is 0 Å². The van der Waals surface area contributed by atoms with Crippen LogP contribution in [0.3, 0.4) is 0 Å². The Morgan fingerprint density at radius 2 is 1.72 bits per heavy atom. The molecule has 0 spiro atoms. The Hall–Kier alpha value is -0.590. The number of benzene rings is 2. The first-order valence-electron chi connectivity index (χ1n) is 5.55. The molecule has 0 amide bonds. The van der Waals surface area contributed by atoms with Crippen LogP contribution in [0.5, 0.6) is 5.75 Å². The molecule has 0 heterocycles. The van der Waals surface area contributed by atoms with Crippen LogP contribution in [-0.4, -0.2) is 0 Å². The molecule has 0 fully saturated rings. The van der Waals surface area contributed by atoms with Gasteiger partial charge in [-0.15, -0.1) is 0 Å². The monoisotopic (exact) mass is 417 g/mol. The van der Waals surface area contributed by atoms with E-state index in [2.05, 4.69) is 62.8 Å². The third-order valence-corrected chi connectivity index (χ3v) is 3.88. The molecule has 18 heavy (non-hydrogen) atoms. The molecule has 2 aromatic carbocycles. The zero-order valence-corrected chi connectivity index (χ0v) is 13.4. The van der Waals surface area contributed by atoms with E-state index in [4.69, 9.17) is 10.5 Å². The maximum Gasteiger partial charge on any atom is 0.134 e. The first-order valence-corrected chi connectivity index (χ1v) is 7.42. The van der Waals surface area contributed by atoms with Gasteiger partial charge in [0.05, 0.1) is 4.47 Å². The molecule has 0 aliphatic heterocycles. The van der Waals surface area contributed by atoms with Crippen LogP contribution in [-0.2, 0) is 13.2 Å². The van der Waals surface area contributed by atoms with Crippen molar-refractivity contribution < 1.29 is 4.74 Å². The highest BCUT2D eigenvalue weighted by Crippen LogP contribution is 2.26. The van der Waals surface area contributed by atoms with Crippen LogP contribution in [0.1, 0.15) is 11.1 Å². The van der Waals surface area contributed by atoms with Crippen LogP contribution >= 0.6 is 38.5 Å². The predicted octanol–water partition coefficient (Wildman–Crippen LogP) is 4.09. The van der Waals surface area contributed by atoms with Crippen molar-refractivity contribution in [3.05, 3.63) is 61.6 Å². The summed E-state index contributed by atoms with van der Waals surface area (Å²) in [4.78, 5) is 0. The predicted molar refractivity (Wildman–Crippen MR) is 85.5 cm³/mol. The fraction of sp³-hybridized carbons (Fsp3) is 0.143. The Labute approximate surface area is 129 Å². The fourth-order valence-corrected chi connectivity index (χ4v) is 2.43. The zero-order valence-electron chi connectivity index (χ0n) is 9.70. The van der Waals surface area contributed by atoms with E-state index < -0.39 is 0 Å². The largest absolute Gasteiger partial charge is 0.488 e. The Morgan fingerprint density at radius 1 is 1.06 bits per heavy atom. The van der Waals surface area contributed by atoms with E-state index in [0.29, 0.717) is 13.2 Å². The lowest BCUT2D eigenvalue weighted by atomic mass is 10.2. The molecule has 0 saturated carbocycles. The quantitative estimate of drug-likeness (QED) is 0.760. The van der Waals surface area contributed by atoms with Crippen molar-refractivity contribution in [2.45, 2.75) is 13.2 Å². The highest BCUT2D eigenvalue weighted by molar-refractivity contribution is 14.1. The van der Waals surface area contributed by atoms with Crippen molar-refractivity contribution in [1.82, 2.24) is 0 Å². The van der Waals surface area contributed by atoms with Gasteiger partial charge in [0.25, 0.3) is 0 Å². The number of halogens is 2. The van der Waals surface area contributed by atoms with Crippen molar-refractivity contribution in [1.29, 1.82) is 0 Å². The van der Waals surface area contributed by atoms with E-state index in [1.165, 1.54) is 3.57 Å². The van der Waals surface area contributed by atoms with Crippen LogP contribution in [0.4, 0.5) is 0 Å². The van der Waals surface area contributed by atoms with Gasteiger partial charge in [-0.2, -0.15) is 0 Å². The summed E-state index contributed by atoms with van der Waals surface area (Å²) in [5.41, 5.74) is 7.83. The molecule has 2 rings (SSSR count). The summed E-state index contributed by atoms with van der Waals surface area (Å²) in [6.45, 7) is 1.10. The average Bonchev–Trinajstić information content (AvgIpc) is 2.39. The summed E-state index contributed by atoms with van der Waals surface area (Å²) >= 11 is 5.78. The van der Waals surface area contributed by atoms with Crippen molar-refractivity contribution in [3.63, 3.8) is 0 Å². The molecular formula is C14H13BrINO. The lowest BCUT2D eigenvalue weighted by molar-refractivity contribution is 0.304. The fourth-order valence-electron chi connectivity index (χ4n) is 1.53. The lowest BCUT2D eigenvalue weighted by Gasteiger charge is -2.09. The maximum atomic E-state index is 5.77. The number of rotatable bonds is 4. The van der Waals surface area contributed by atoms with E-state index in [1.807, 2.05) is 18.2 Å². The van der Waals surface area contributed by atoms with E-state index >= 15 is 0 Å². The van der Waals surface area contributed by atoms with Gasteiger partial charge < -0.3 is 10.5 Å². The van der Waals surface area contributed by atoms with E-state index in [-0.39, 0.29) is 0 Å². The minimum Gasteiger partial charge on any atom is -0.488 e. The Kier molecular flexibility index (Phi) is 5.03. The summed E-state index contributed by atoms with van der Waals surface area (Å²) in [5.74, 6) is 0.839. The average molecular weight is 418 g/mol. The number of hydrogen-bond donors (Lipinski definition) is 1. The summed E-state index contributed by atoms with van der Waals surface area (Å²) in [6, 6.07) is 14.2. The van der Waals surface area contributed by atoms with E-state index in [1.54, 1.807) is 0 Å². The third kappa shape index (κ3) is 3.70. The zero-order chi connectivity index (χ0) is 13.0. The molecular weight excluding hydrogens is 405 g/mol. The maximum absolute atomic E-state index is 5.77. The van der Waals surface area contributed by atoms with E-state index in [9.17, 15) is 0 Å². The molecule has 2 nitrogen and oxygen atoms in total. The van der Waals surface area contributed by atoms with Gasteiger partial charge in [-0.05, 0) is 73.9 Å². The molecule has 4 heteroatoms. The minimum absolute atomic E-state index is 0.538. The van der Waals surface area contributed by atoms with Crippen LogP contribution in [0.15, 0.2) is 46.9 Å². The minimum atomic E-state index is 0.538. The van der Waals surface area contributed by atoms with Crippen molar-refractivity contribution in [2.75, 3.05) is 0 Å². The highest BCUT2D eigenvalue weighted by atomic mass is 127. The van der Waals surface area contributed by atoms with Crippen molar-refractivity contribution >= 4 is 38.5 Å². The molecule has 0 saturated heterocycles. The molecule has 94 valence electrons. The molecule has 0 atom stereocenters. The Bertz CT molecular complexity index is 528. The molecule has 0 aromatic heterocycles. The standard InChI is InChI=1S/C14H13BrINO/c15-13-7-11(8-17)3-6-14(13)18-9-10-1-4-12(16)5-2-10/h1-7H,8-9,17H2. The second-order valence-corrected chi connectivity index (χ2v) is 5.98. The van der Waals surface area contributed by atoms with Crippen molar-refractivity contribution in [3.8, 4) is 5.75 Å². The summed E-state index contributed by atoms with van der Waals surface area (Å²) in [6.07, 6.45) is 0. The highest BCUT2D eigenvalue weighted by Gasteiger charge is 2.02. The van der Waals surface area contributed by atoms with Gasteiger partial charge in [0.2, 0.25) is 0 Å². The summed E-state index contributed by atoms with van der Waals surface area (Å²) < 4.78 is 7.94. The number of hydrogen-bond acceptors (Lipinski definition) is 2. The van der Waals surface area contributed by atoms with Crippen LogP contribution in [0, 0.1) is 3.57 Å². The first kappa shape index (κ1) is 13.8. The number of ether oxygens (including phenoxy) is 1. The molecule has 2 aromatic rings. The second kappa shape index (κ2) is 6.54. The summed E-state index contributed by atoms with van der Waals surface area (Å²) in [7, 11) is 0. The van der Waals surface area contributed by atoms with Gasteiger partial charge in [-0.3, -0.25) is 0 Å². The Balaban J connectivity index is 2.04. The molecule has 2 N–H and O–H groups in total. The van der Waals surface area contributed by atoms with Gasteiger partial charge >= 0.3 is 0 Å². The van der Waals surface area contributed by atoms with Gasteiger partial charge in [0.15, 0.2) is 0 Å². The molecule has 0 aliphatic carbocycles. The third-order valence-electron chi connectivity index (χ3n) is 2.54. The molecule has 0 radical (unpaired) electrons.